The lowest BCUT2D eigenvalue weighted by atomic mass is 9.95. The number of pyridine rings is 1. The van der Waals surface area contributed by atoms with Gasteiger partial charge in [-0.15, -0.1) is 0 Å². The first-order valence-electron chi connectivity index (χ1n) is 12.2. The number of hydrogen-bond acceptors (Lipinski definition) is 2. The molecule has 0 bridgehead atoms. The number of rotatable bonds is 5. The van der Waals surface area contributed by atoms with Crippen LogP contribution in [0.25, 0.3) is 55.4 Å². The second kappa shape index (κ2) is 8.88. The van der Waals surface area contributed by atoms with Crippen LogP contribution in [0, 0.1) is 5.92 Å². The van der Waals surface area contributed by atoms with Gasteiger partial charge in [-0.3, -0.25) is 4.98 Å². The highest BCUT2D eigenvalue weighted by Crippen LogP contribution is 2.39. The minimum absolute atomic E-state index is 0.629. The van der Waals surface area contributed by atoms with Gasteiger partial charge in [-0.2, -0.15) is 0 Å². The van der Waals surface area contributed by atoms with E-state index in [-0.39, 0.29) is 0 Å². The Kier molecular flexibility index (Phi) is 5.42. The van der Waals surface area contributed by atoms with Gasteiger partial charge in [0.15, 0.2) is 0 Å². The SMILES string of the molecule is CC(C)Cc1ccc2c(-c3cc(-c4ccccc4)c4oc(-c5ccccc5)cc4c3)nccc2c1. The molecule has 6 aromatic rings. The van der Waals surface area contributed by atoms with Gasteiger partial charge in [0, 0.05) is 33.7 Å². The van der Waals surface area contributed by atoms with E-state index < -0.39 is 0 Å². The summed E-state index contributed by atoms with van der Waals surface area (Å²) < 4.78 is 6.45. The van der Waals surface area contributed by atoms with E-state index in [1.165, 1.54) is 16.3 Å². The highest BCUT2D eigenvalue weighted by molar-refractivity contribution is 6.02. The number of furan rings is 1. The van der Waals surface area contributed by atoms with Crippen molar-refractivity contribution in [3.05, 3.63) is 115 Å². The summed E-state index contributed by atoms with van der Waals surface area (Å²) in [5.74, 6) is 1.50. The molecule has 6 rings (SSSR count). The Morgan fingerprint density at radius 1 is 0.686 bits per heavy atom. The summed E-state index contributed by atoms with van der Waals surface area (Å²) in [5.41, 5.74) is 7.65. The van der Waals surface area contributed by atoms with Crippen molar-refractivity contribution in [3.63, 3.8) is 0 Å². The number of fused-ring (bicyclic) bond motifs is 2. The van der Waals surface area contributed by atoms with Crippen LogP contribution in [0.3, 0.4) is 0 Å². The van der Waals surface area contributed by atoms with Crippen molar-refractivity contribution in [3.8, 4) is 33.7 Å². The average Bonchev–Trinajstić information content (AvgIpc) is 3.33. The van der Waals surface area contributed by atoms with Crippen molar-refractivity contribution in [2.75, 3.05) is 0 Å². The third-order valence-electron chi connectivity index (χ3n) is 6.51. The third kappa shape index (κ3) is 4.13. The zero-order valence-electron chi connectivity index (χ0n) is 20.0. The van der Waals surface area contributed by atoms with Gasteiger partial charge in [0.1, 0.15) is 11.3 Å². The van der Waals surface area contributed by atoms with E-state index in [1.54, 1.807) is 0 Å². The molecule has 0 atom stereocenters. The van der Waals surface area contributed by atoms with Crippen molar-refractivity contribution >= 4 is 21.7 Å². The van der Waals surface area contributed by atoms with Crippen molar-refractivity contribution in [1.29, 1.82) is 0 Å². The molecule has 0 saturated carbocycles. The maximum absolute atomic E-state index is 6.45. The fourth-order valence-electron chi connectivity index (χ4n) is 4.92. The van der Waals surface area contributed by atoms with Crippen LogP contribution in [0.5, 0.6) is 0 Å². The molecule has 0 aliphatic carbocycles. The fraction of sp³-hybridized carbons (Fsp3) is 0.121. The van der Waals surface area contributed by atoms with E-state index in [9.17, 15) is 0 Å². The molecule has 2 aromatic heterocycles. The molecule has 0 saturated heterocycles. The van der Waals surface area contributed by atoms with Crippen LogP contribution in [-0.2, 0) is 6.42 Å². The molecule has 0 spiro atoms. The third-order valence-corrected chi connectivity index (χ3v) is 6.51. The Balaban J connectivity index is 1.57. The zero-order chi connectivity index (χ0) is 23.8. The zero-order valence-corrected chi connectivity index (χ0v) is 20.0. The second-order valence-corrected chi connectivity index (χ2v) is 9.60. The summed E-state index contributed by atoms with van der Waals surface area (Å²) in [4.78, 5) is 4.84. The van der Waals surface area contributed by atoms with E-state index in [4.69, 9.17) is 9.40 Å². The molecule has 0 aliphatic rings. The predicted octanol–water partition coefficient (Wildman–Crippen LogP) is 9.18. The Morgan fingerprint density at radius 3 is 2.17 bits per heavy atom. The quantitative estimate of drug-likeness (QED) is 0.260. The Bertz CT molecular complexity index is 1630. The maximum atomic E-state index is 6.45. The summed E-state index contributed by atoms with van der Waals surface area (Å²) in [7, 11) is 0. The monoisotopic (exact) mass is 453 g/mol. The number of hydrogen-bond donors (Lipinski definition) is 0. The van der Waals surface area contributed by atoms with Crippen LogP contribution in [0.15, 0.2) is 114 Å². The van der Waals surface area contributed by atoms with E-state index in [1.807, 2.05) is 30.5 Å². The lowest BCUT2D eigenvalue weighted by molar-refractivity contribution is 0.632. The van der Waals surface area contributed by atoms with Crippen molar-refractivity contribution in [2.45, 2.75) is 20.3 Å². The first kappa shape index (κ1) is 21.4. The molecule has 170 valence electrons. The highest BCUT2D eigenvalue weighted by Gasteiger charge is 2.16. The van der Waals surface area contributed by atoms with E-state index >= 15 is 0 Å². The summed E-state index contributed by atoms with van der Waals surface area (Å²) >= 11 is 0. The van der Waals surface area contributed by atoms with Crippen molar-refractivity contribution in [1.82, 2.24) is 4.98 Å². The van der Waals surface area contributed by atoms with Gasteiger partial charge < -0.3 is 4.42 Å². The van der Waals surface area contributed by atoms with Gasteiger partial charge in [0.25, 0.3) is 0 Å². The number of nitrogens with zero attached hydrogens (tertiary/aromatic N) is 1. The van der Waals surface area contributed by atoms with Crippen LogP contribution >= 0.6 is 0 Å². The Hall–Kier alpha value is -4.17. The minimum atomic E-state index is 0.629. The minimum Gasteiger partial charge on any atom is -0.455 e. The molecular formula is C33H27NO. The average molecular weight is 454 g/mol. The van der Waals surface area contributed by atoms with Gasteiger partial charge in [-0.05, 0) is 53.1 Å². The topological polar surface area (TPSA) is 26.0 Å². The number of aromatic nitrogens is 1. The second-order valence-electron chi connectivity index (χ2n) is 9.60. The molecule has 2 heteroatoms. The summed E-state index contributed by atoms with van der Waals surface area (Å²) in [6, 6.07) is 36.2. The molecule has 2 nitrogen and oxygen atoms in total. The normalized spacial score (nSPS) is 11.5. The van der Waals surface area contributed by atoms with E-state index in [2.05, 4.69) is 92.7 Å². The first-order valence-corrected chi connectivity index (χ1v) is 12.2. The largest absolute Gasteiger partial charge is 0.455 e. The molecule has 0 aliphatic heterocycles. The lowest BCUT2D eigenvalue weighted by Gasteiger charge is -2.11. The smallest absolute Gasteiger partial charge is 0.142 e. The highest BCUT2D eigenvalue weighted by atomic mass is 16.3. The predicted molar refractivity (Wildman–Crippen MR) is 146 cm³/mol. The summed E-state index contributed by atoms with van der Waals surface area (Å²) in [6.07, 6.45) is 3.00. The standard InChI is InChI=1S/C33H27NO/c1-22(2)17-23-13-14-29-26(18-23)15-16-34-32(29)27-19-28-21-31(25-11-7-4-8-12-25)35-33(28)30(20-27)24-9-5-3-6-10-24/h3-16,18-22H,17H2,1-2H3. The molecular weight excluding hydrogens is 426 g/mol. The van der Waals surface area contributed by atoms with E-state index in [0.717, 1.165) is 51.1 Å². The molecule has 0 N–H and O–H groups in total. The molecule has 0 fully saturated rings. The van der Waals surface area contributed by atoms with Gasteiger partial charge >= 0.3 is 0 Å². The maximum Gasteiger partial charge on any atom is 0.142 e. The van der Waals surface area contributed by atoms with Crippen LogP contribution < -0.4 is 0 Å². The first-order chi connectivity index (χ1) is 17.2. The molecule has 0 radical (unpaired) electrons. The van der Waals surface area contributed by atoms with Crippen LogP contribution in [0.1, 0.15) is 19.4 Å². The van der Waals surface area contributed by atoms with Crippen molar-refractivity contribution < 1.29 is 4.42 Å². The molecule has 4 aromatic carbocycles. The molecule has 35 heavy (non-hydrogen) atoms. The fourth-order valence-corrected chi connectivity index (χ4v) is 4.92. The van der Waals surface area contributed by atoms with E-state index in [0.29, 0.717) is 5.92 Å². The van der Waals surface area contributed by atoms with Gasteiger partial charge in [0.05, 0.1) is 5.69 Å². The van der Waals surface area contributed by atoms with Gasteiger partial charge in [-0.25, -0.2) is 0 Å². The molecule has 2 heterocycles. The number of benzene rings is 4. The van der Waals surface area contributed by atoms with Crippen LogP contribution in [-0.4, -0.2) is 4.98 Å². The lowest BCUT2D eigenvalue weighted by Crippen LogP contribution is -1.94. The van der Waals surface area contributed by atoms with Crippen molar-refractivity contribution in [2.24, 2.45) is 5.92 Å². The molecule has 0 unspecified atom stereocenters. The summed E-state index contributed by atoms with van der Waals surface area (Å²) in [6.45, 7) is 4.52. The Morgan fingerprint density at radius 2 is 1.43 bits per heavy atom. The van der Waals surface area contributed by atoms with Gasteiger partial charge in [-0.1, -0.05) is 92.7 Å². The Labute approximate surface area is 205 Å². The van der Waals surface area contributed by atoms with Gasteiger partial charge in [0.2, 0.25) is 0 Å². The molecule has 0 amide bonds. The summed E-state index contributed by atoms with van der Waals surface area (Å²) in [5, 5.41) is 3.48. The van der Waals surface area contributed by atoms with Crippen LogP contribution in [0.4, 0.5) is 0 Å². The van der Waals surface area contributed by atoms with Crippen LogP contribution in [0.2, 0.25) is 0 Å².